The first kappa shape index (κ1) is 9.67. The minimum absolute atomic E-state index is 0.939. The van der Waals surface area contributed by atoms with Gasteiger partial charge in [-0.3, -0.25) is 0 Å². The molecule has 0 aromatic carbocycles. The molecule has 0 nitrogen and oxygen atoms in total. The molecule has 0 rings (SSSR count). The van der Waals surface area contributed by atoms with E-state index in [1.54, 1.807) is 0 Å². The Morgan fingerprint density at radius 1 is 1.50 bits per heavy atom. The Balaban J connectivity index is 3.03. The van der Waals surface area contributed by atoms with Crippen molar-refractivity contribution in [2.45, 2.75) is 25.8 Å². The van der Waals surface area contributed by atoms with E-state index in [0.29, 0.717) is 0 Å². The molecule has 0 aliphatic rings. The second-order valence-corrected chi connectivity index (χ2v) is 25.1. The molecule has 0 amide bonds. The van der Waals surface area contributed by atoms with Gasteiger partial charge >= 0.3 is 66.9 Å². The molecule has 8 heavy (non-hydrogen) atoms. The number of hydrogen-bond acceptors (Lipinski definition) is 0. The summed E-state index contributed by atoms with van der Waals surface area (Å²) in [6.45, 7) is 2.19. The van der Waals surface area contributed by atoms with Crippen molar-refractivity contribution in [1.82, 2.24) is 0 Å². The van der Waals surface area contributed by atoms with Crippen molar-refractivity contribution in [1.29, 1.82) is 0 Å². The second kappa shape index (κ2) is 6.78. The van der Waals surface area contributed by atoms with Crippen LogP contribution in [0.15, 0.2) is 0 Å². The van der Waals surface area contributed by atoms with Gasteiger partial charge in [0.25, 0.3) is 0 Å². The molecule has 0 aliphatic carbocycles. The summed E-state index contributed by atoms with van der Waals surface area (Å²) in [6, 6.07) is 1.28. The Labute approximate surface area is 66.4 Å². The molecule has 0 saturated heterocycles. The molecule has 0 spiro atoms. The van der Waals surface area contributed by atoms with Gasteiger partial charge in [-0.1, -0.05) is 0 Å². The molecule has 47 valence electrons. The number of rotatable bonds is 3. The van der Waals surface area contributed by atoms with Gasteiger partial charge in [0.15, 0.2) is 0 Å². The zero-order chi connectivity index (χ0) is 6.41. The summed E-state index contributed by atoms with van der Waals surface area (Å²) in [6.07, 6.45) is 3.53. The summed E-state index contributed by atoms with van der Waals surface area (Å²) in [5.41, 5.74) is 0. The SMILES string of the molecule is CCCC[Si]=[Hf]([Cl])[Cl]. The Kier molecular flexibility index (Phi) is 8.20. The third-order valence-corrected chi connectivity index (χ3v) is 13.8. The molecular formula is C4H9Cl2HfSi. The zero-order valence-electron chi connectivity index (χ0n) is 4.88. The van der Waals surface area contributed by atoms with Gasteiger partial charge in [0.05, 0.1) is 0 Å². The molecule has 0 aliphatic heterocycles. The van der Waals surface area contributed by atoms with Crippen molar-refractivity contribution < 1.29 is 17.7 Å². The van der Waals surface area contributed by atoms with Crippen molar-refractivity contribution >= 4 is 23.4 Å². The van der Waals surface area contributed by atoms with Gasteiger partial charge in [-0.25, -0.2) is 0 Å². The zero-order valence-corrected chi connectivity index (χ0v) is 11.0. The molecule has 0 fully saturated rings. The van der Waals surface area contributed by atoms with Crippen LogP contribution in [0.3, 0.4) is 0 Å². The van der Waals surface area contributed by atoms with Crippen LogP contribution in [0.5, 0.6) is 0 Å². The van der Waals surface area contributed by atoms with Gasteiger partial charge in [-0.2, -0.15) is 0 Å². The van der Waals surface area contributed by atoms with Gasteiger partial charge in [0.1, 0.15) is 0 Å². The van der Waals surface area contributed by atoms with Crippen LogP contribution in [-0.2, 0) is 17.7 Å². The van der Waals surface area contributed by atoms with Crippen LogP contribution in [-0.4, -0.2) is 6.22 Å². The molecular weight excluding hydrogens is 326 g/mol. The van der Waals surface area contributed by atoms with Crippen LogP contribution >= 0.6 is 17.2 Å². The predicted molar refractivity (Wildman–Crippen MR) is 37.2 cm³/mol. The summed E-state index contributed by atoms with van der Waals surface area (Å²) in [7, 11) is 11.4. The van der Waals surface area contributed by atoms with Crippen LogP contribution < -0.4 is 0 Å². The minimum atomic E-state index is -1.82. The first-order valence-corrected chi connectivity index (χ1v) is 18.2. The standard InChI is InChI=1S/C4H9Si.2ClH.Hf/c1-2-3-4-5;;;/h2-4H2,1H3;2*1H;/q;;;+2/p-2. The van der Waals surface area contributed by atoms with Crippen molar-refractivity contribution in [3.05, 3.63) is 0 Å². The average molecular weight is 335 g/mol. The molecule has 0 heterocycles. The average Bonchev–Trinajstić information content (AvgIpc) is 1.66. The van der Waals surface area contributed by atoms with Crippen LogP contribution in [0.4, 0.5) is 0 Å². The topological polar surface area (TPSA) is 0 Å². The summed E-state index contributed by atoms with van der Waals surface area (Å²) >= 11 is -1.82. The fraction of sp³-hybridized carbons (Fsp3) is 1.00. The summed E-state index contributed by atoms with van der Waals surface area (Å²) in [5.74, 6) is 0. The van der Waals surface area contributed by atoms with E-state index in [1.807, 2.05) is 0 Å². The van der Waals surface area contributed by atoms with Crippen LogP contribution in [0.25, 0.3) is 0 Å². The Hall–Kier alpha value is 1.67. The Morgan fingerprint density at radius 3 is 2.50 bits per heavy atom. The molecule has 0 aromatic rings. The van der Waals surface area contributed by atoms with E-state index in [9.17, 15) is 0 Å². The number of hydrogen-bond donors (Lipinski definition) is 0. The van der Waals surface area contributed by atoms with Crippen molar-refractivity contribution in [2.75, 3.05) is 0 Å². The van der Waals surface area contributed by atoms with Gasteiger partial charge < -0.3 is 0 Å². The van der Waals surface area contributed by atoms with Crippen molar-refractivity contribution in [2.24, 2.45) is 0 Å². The first-order valence-electron chi connectivity index (χ1n) is 2.69. The van der Waals surface area contributed by atoms with E-state index in [4.69, 9.17) is 17.2 Å². The summed E-state index contributed by atoms with van der Waals surface area (Å²) < 4.78 is 0. The molecule has 0 aromatic heterocycles. The normalized spacial score (nSPS) is 8.88. The Bertz CT molecular complexity index is 80.1. The maximum atomic E-state index is 5.70. The van der Waals surface area contributed by atoms with E-state index in [-0.39, 0.29) is 0 Å². The number of unbranched alkanes of at least 4 members (excludes halogenated alkanes) is 1. The molecule has 0 saturated carbocycles. The molecule has 1 radical (unpaired) electrons. The Morgan fingerprint density at radius 2 is 2.12 bits per heavy atom. The van der Waals surface area contributed by atoms with E-state index < -0.39 is 17.7 Å². The van der Waals surface area contributed by atoms with E-state index in [1.165, 1.54) is 18.9 Å². The van der Waals surface area contributed by atoms with Crippen molar-refractivity contribution in [3.63, 3.8) is 0 Å². The first-order chi connectivity index (χ1) is 3.77. The molecule has 0 N–H and O–H groups in total. The second-order valence-electron chi connectivity index (χ2n) is 1.54. The number of halogens is 2. The quantitative estimate of drug-likeness (QED) is 0.550. The van der Waals surface area contributed by atoms with Crippen molar-refractivity contribution in [3.8, 4) is 0 Å². The fourth-order valence-corrected chi connectivity index (χ4v) is 9.66. The van der Waals surface area contributed by atoms with E-state index in [0.717, 1.165) is 6.22 Å². The third-order valence-electron chi connectivity index (χ3n) is 0.789. The van der Waals surface area contributed by atoms with Crippen LogP contribution in [0, 0.1) is 0 Å². The molecule has 4 heteroatoms. The molecule has 0 bridgehead atoms. The van der Waals surface area contributed by atoms with Crippen LogP contribution in [0.1, 0.15) is 19.8 Å². The van der Waals surface area contributed by atoms with Gasteiger partial charge in [-0.05, 0) is 0 Å². The van der Waals surface area contributed by atoms with E-state index >= 15 is 0 Å². The molecule has 0 atom stereocenters. The fourth-order valence-electron chi connectivity index (χ4n) is 0.360. The summed E-state index contributed by atoms with van der Waals surface area (Å²) in [5, 5.41) is 0. The van der Waals surface area contributed by atoms with Gasteiger partial charge in [-0.15, -0.1) is 0 Å². The molecule has 0 unspecified atom stereocenters. The predicted octanol–water partition coefficient (Wildman–Crippen LogP) is 2.75. The van der Waals surface area contributed by atoms with Crippen LogP contribution in [0.2, 0.25) is 6.04 Å². The monoisotopic (exact) mass is 335 g/mol. The van der Waals surface area contributed by atoms with Gasteiger partial charge in [0, 0.05) is 0 Å². The third kappa shape index (κ3) is 7.67. The maximum absolute atomic E-state index is 5.70. The summed E-state index contributed by atoms with van der Waals surface area (Å²) in [4.78, 5) is 0. The van der Waals surface area contributed by atoms with E-state index in [2.05, 4.69) is 6.92 Å². The van der Waals surface area contributed by atoms with Gasteiger partial charge in [0.2, 0.25) is 0 Å².